The first-order valence-corrected chi connectivity index (χ1v) is 7.91. The van der Waals surface area contributed by atoms with Gasteiger partial charge in [-0.05, 0) is 50.2 Å². The summed E-state index contributed by atoms with van der Waals surface area (Å²) in [6.45, 7) is 1.57. The van der Waals surface area contributed by atoms with Crippen molar-refractivity contribution in [3.8, 4) is 11.5 Å². The van der Waals surface area contributed by atoms with Crippen LogP contribution in [0.4, 0.5) is 0 Å². The number of pyridine rings is 1. The first-order chi connectivity index (χ1) is 11.3. The summed E-state index contributed by atoms with van der Waals surface area (Å²) in [4.78, 5) is 18.6. The highest BCUT2D eigenvalue weighted by Crippen LogP contribution is 2.22. The Morgan fingerprint density at radius 3 is 2.87 bits per heavy atom. The summed E-state index contributed by atoms with van der Waals surface area (Å²) in [7, 11) is 1.95. The van der Waals surface area contributed by atoms with E-state index >= 15 is 0 Å². The van der Waals surface area contributed by atoms with Gasteiger partial charge in [0.05, 0.1) is 0 Å². The van der Waals surface area contributed by atoms with Gasteiger partial charge in [-0.3, -0.25) is 9.78 Å². The number of carbonyl (C=O) groups is 1. The molecule has 1 unspecified atom stereocenters. The van der Waals surface area contributed by atoms with Crippen molar-refractivity contribution >= 4 is 5.91 Å². The smallest absolute Gasteiger partial charge is 0.254 e. The van der Waals surface area contributed by atoms with Crippen LogP contribution in [0.25, 0.3) is 0 Å². The molecule has 1 saturated heterocycles. The van der Waals surface area contributed by atoms with Crippen molar-refractivity contribution in [3.05, 3.63) is 54.4 Å². The minimum Gasteiger partial charge on any atom is -0.457 e. The molecular formula is C18H21N3O2. The Morgan fingerprint density at radius 2 is 2.09 bits per heavy atom. The Balaban J connectivity index is 1.72. The second-order valence-electron chi connectivity index (χ2n) is 5.69. The van der Waals surface area contributed by atoms with Crippen LogP contribution in [0.15, 0.2) is 48.8 Å². The first-order valence-electron chi connectivity index (χ1n) is 7.91. The van der Waals surface area contributed by atoms with Gasteiger partial charge in [-0.1, -0.05) is 6.07 Å². The Kier molecular flexibility index (Phi) is 4.88. The summed E-state index contributed by atoms with van der Waals surface area (Å²) in [6.07, 6.45) is 5.50. The maximum Gasteiger partial charge on any atom is 0.254 e. The number of nitrogens with one attached hydrogen (secondary N) is 1. The number of hydrogen-bond acceptors (Lipinski definition) is 4. The number of likely N-dealkylation sites (tertiary alicyclic amines) is 1. The average Bonchev–Trinajstić information content (AvgIpc) is 2.62. The molecule has 1 atom stereocenters. The van der Waals surface area contributed by atoms with Gasteiger partial charge in [0, 0.05) is 37.1 Å². The molecule has 0 bridgehead atoms. The molecule has 1 aliphatic rings. The minimum absolute atomic E-state index is 0.0603. The first kappa shape index (κ1) is 15.5. The quantitative estimate of drug-likeness (QED) is 0.943. The maximum absolute atomic E-state index is 12.7. The molecule has 5 nitrogen and oxygen atoms in total. The van der Waals surface area contributed by atoms with Gasteiger partial charge in [0.25, 0.3) is 5.91 Å². The Bertz CT molecular complexity index is 660. The molecule has 2 aromatic rings. The van der Waals surface area contributed by atoms with Crippen LogP contribution in [0.5, 0.6) is 11.5 Å². The number of hydrogen-bond donors (Lipinski definition) is 1. The zero-order valence-corrected chi connectivity index (χ0v) is 13.2. The third-order valence-electron chi connectivity index (χ3n) is 4.08. The monoisotopic (exact) mass is 311 g/mol. The van der Waals surface area contributed by atoms with Crippen LogP contribution in [-0.4, -0.2) is 42.0 Å². The Hall–Kier alpha value is -2.40. The van der Waals surface area contributed by atoms with Crippen LogP contribution in [0.3, 0.4) is 0 Å². The van der Waals surface area contributed by atoms with E-state index in [2.05, 4.69) is 10.3 Å². The maximum atomic E-state index is 12.7. The molecule has 0 radical (unpaired) electrons. The van der Waals surface area contributed by atoms with Crippen LogP contribution in [0.2, 0.25) is 0 Å². The molecule has 5 heteroatoms. The molecule has 0 spiro atoms. The number of carbonyl (C=O) groups excluding carboxylic acids is 1. The predicted octanol–water partition coefficient (Wildman–Crippen LogP) is 2.70. The van der Waals surface area contributed by atoms with Gasteiger partial charge in [0.2, 0.25) is 0 Å². The lowest BCUT2D eigenvalue weighted by Gasteiger charge is -2.32. The summed E-state index contributed by atoms with van der Waals surface area (Å²) in [6, 6.07) is 11.3. The minimum atomic E-state index is 0.0603. The van der Waals surface area contributed by atoms with Gasteiger partial charge in [0.1, 0.15) is 11.5 Å². The molecule has 1 aromatic heterocycles. The zero-order valence-electron chi connectivity index (χ0n) is 13.2. The topological polar surface area (TPSA) is 54.5 Å². The standard InChI is InChI=1S/C18H21N3O2/c1-19-15-5-3-11-21(13-15)18(22)14-4-2-6-17(12-14)23-16-7-9-20-10-8-16/h2,4,6-10,12,15,19H,3,5,11,13H2,1H3. The predicted molar refractivity (Wildman–Crippen MR) is 88.7 cm³/mol. The lowest BCUT2D eigenvalue weighted by molar-refractivity contribution is 0.0698. The fourth-order valence-electron chi connectivity index (χ4n) is 2.81. The Morgan fingerprint density at radius 1 is 1.26 bits per heavy atom. The average molecular weight is 311 g/mol. The molecule has 1 fully saturated rings. The van der Waals surface area contributed by atoms with E-state index in [0.717, 1.165) is 25.9 Å². The van der Waals surface area contributed by atoms with Gasteiger partial charge in [-0.25, -0.2) is 0 Å². The van der Waals surface area contributed by atoms with Gasteiger partial charge in [-0.2, -0.15) is 0 Å². The number of rotatable bonds is 4. The highest BCUT2D eigenvalue weighted by Gasteiger charge is 2.23. The van der Waals surface area contributed by atoms with E-state index in [4.69, 9.17) is 4.74 Å². The molecule has 120 valence electrons. The summed E-state index contributed by atoms with van der Waals surface area (Å²) >= 11 is 0. The van der Waals surface area contributed by atoms with Gasteiger partial charge < -0.3 is 15.0 Å². The normalized spacial score (nSPS) is 17.8. The largest absolute Gasteiger partial charge is 0.457 e. The third-order valence-corrected chi connectivity index (χ3v) is 4.08. The molecule has 1 aliphatic heterocycles. The summed E-state index contributed by atoms with van der Waals surface area (Å²) in [5, 5.41) is 3.26. The summed E-state index contributed by atoms with van der Waals surface area (Å²) in [5.41, 5.74) is 0.660. The van der Waals surface area contributed by atoms with Crippen LogP contribution >= 0.6 is 0 Å². The van der Waals surface area contributed by atoms with Crippen LogP contribution in [0, 0.1) is 0 Å². The van der Waals surface area contributed by atoms with Gasteiger partial charge >= 0.3 is 0 Å². The molecule has 1 amide bonds. The highest BCUT2D eigenvalue weighted by atomic mass is 16.5. The number of amides is 1. The lowest BCUT2D eigenvalue weighted by Crippen LogP contribution is -2.46. The molecule has 1 N–H and O–H groups in total. The second-order valence-corrected chi connectivity index (χ2v) is 5.69. The van der Waals surface area contributed by atoms with Gasteiger partial charge in [0.15, 0.2) is 0 Å². The molecule has 23 heavy (non-hydrogen) atoms. The summed E-state index contributed by atoms with van der Waals surface area (Å²) in [5.74, 6) is 1.42. The van der Waals surface area contributed by atoms with Crippen molar-refractivity contribution in [2.24, 2.45) is 0 Å². The lowest BCUT2D eigenvalue weighted by atomic mass is 10.0. The van der Waals surface area contributed by atoms with E-state index in [1.807, 2.05) is 30.1 Å². The Labute approximate surface area is 136 Å². The number of nitrogens with zero attached hydrogens (tertiary/aromatic N) is 2. The van der Waals surface area contributed by atoms with E-state index in [-0.39, 0.29) is 5.91 Å². The third kappa shape index (κ3) is 3.87. The van der Waals surface area contributed by atoms with Crippen molar-refractivity contribution in [2.45, 2.75) is 18.9 Å². The van der Waals surface area contributed by atoms with Crippen molar-refractivity contribution in [2.75, 3.05) is 20.1 Å². The SMILES string of the molecule is CNC1CCCN(C(=O)c2cccc(Oc3ccncc3)c2)C1. The molecule has 1 aromatic carbocycles. The van der Waals surface area contributed by atoms with E-state index in [1.165, 1.54) is 0 Å². The fraction of sp³-hybridized carbons (Fsp3) is 0.333. The highest BCUT2D eigenvalue weighted by molar-refractivity contribution is 5.94. The molecule has 0 aliphatic carbocycles. The van der Waals surface area contributed by atoms with E-state index in [0.29, 0.717) is 23.1 Å². The van der Waals surface area contributed by atoms with Crippen molar-refractivity contribution in [3.63, 3.8) is 0 Å². The van der Waals surface area contributed by atoms with E-state index in [1.54, 1.807) is 30.6 Å². The van der Waals surface area contributed by atoms with Crippen LogP contribution < -0.4 is 10.1 Å². The van der Waals surface area contributed by atoms with Crippen molar-refractivity contribution < 1.29 is 9.53 Å². The molecule has 3 rings (SSSR count). The van der Waals surface area contributed by atoms with E-state index < -0.39 is 0 Å². The van der Waals surface area contributed by atoms with Crippen LogP contribution in [0.1, 0.15) is 23.2 Å². The molecule has 0 saturated carbocycles. The van der Waals surface area contributed by atoms with E-state index in [9.17, 15) is 4.79 Å². The number of likely N-dealkylation sites (N-methyl/N-ethyl adjacent to an activating group) is 1. The zero-order chi connectivity index (χ0) is 16.1. The molecule has 2 heterocycles. The molecular weight excluding hydrogens is 290 g/mol. The number of aromatic nitrogens is 1. The van der Waals surface area contributed by atoms with Crippen molar-refractivity contribution in [1.82, 2.24) is 15.2 Å². The number of ether oxygens (including phenoxy) is 1. The fourth-order valence-corrected chi connectivity index (χ4v) is 2.81. The van der Waals surface area contributed by atoms with Gasteiger partial charge in [-0.15, -0.1) is 0 Å². The van der Waals surface area contributed by atoms with Crippen molar-refractivity contribution in [1.29, 1.82) is 0 Å². The van der Waals surface area contributed by atoms with Crippen LogP contribution in [-0.2, 0) is 0 Å². The summed E-state index contributed by atoms with van der Waals surface area (Å²) < 4.78 is 5.78. The number of piperidine rings is 1. The number of benzene rings is 1. The second kappa shape index (κ2) is 7.24.